The van der Waals surface area contributed by atoms with Crippen LogP contribution in [0.5, 0.6) is 0 Å². The summed E-state index contributed by atoms with van der Waals surface area (Å²) in [5, 5.41) is 8.50. The van der Waals surface area contributed by atoms with Crippen LogP contribution >= 0.6 is 0 Å². The number of unbranched alkanes of at least 4 members (excludes halogenated alkanes) is 3. The number of hydrogen-bond donors (Lipinski definition) is 1. The third-order valence-electron chi connectivity index (χ3n) is 1.75. The van der Waals surface area contributed by atoms with Crippen LogP contribution in [-0.4, -0.2) is 24.8 Å². The van der Waals surface area contributed by atoms with Crippen molar-refractivity contribution in [1.82, 2.24) is 0 Å². The Kier molecular flexibility index (Phi) is 9.35. The van der Waals surface area contributed by atoms with Crippen molar-refractivity contribution in [2.75, 3.05) is 13.7 Å². The molecule has 0 aliphatic heterocycles. The van der Waals surface area contributed by atoms with Crippen LogP contribution in [0.2, 0.25) is 0 Å². The Morgan fingerprint density at radius 2 is 1.86 bits per heavy atom. The van der Waals surface area contributed by atoms with E-state index in [0.717, 1.165) is 32.1 Å². The van der Waals surface area contributed by atoms with E-state index in [9.17, 15) is 4.79 Å². The highest BCUT2D eigenvalue weighted by Crippen LogP contribution is 1.96. The fraction of sp³-hybridized carbons (Fsp3) is 0.727. The summed E-state index contributed by atoms with van der Waals surface area (Å²) in [6.45, 7) is 0.240. The highest BCUT2D eigenvalue weighted by atomic mass is 16.5. The van der Waals surface area contributed by atoms with Gasteiger partial charge in [0.2, 0.25) is 0 Å². The lowest BCUT2D eigenvalue weighted by atomic mass is 10.2. The van der Waals surface area contributed by atoms with E-state index >= 15 is 0 Å². The molecule has 0 heterocycles. The molecule has 0 aromatic rings. The molecule has 3 nitrogen and oxygen atoms in total. The number of esters is 1. The Morgan fingerprint density at radius 3 is 2.43 bits per heavy atom. The summed E-state index contributed by atoms with van der Waals surface area (Å²) < 4.78 is 4.49. The lowest BCUT2D eigenvalue weighted by Gasteiger charge is -1.94. The monoisotopic (exact) mass is 198 g/mol. The summed E-state index contributed by atoms with van der Waals surface area (Å²) in [7, 11) is 1.39. The van der Waals surface area contributed by atoms with E-state index in [0.29, 0.717) is 6.42 Å². The maximum atomic E-state index is 10.7. The lowest BCUT2D eigenvalue weighted by molar-refractivity contribution is -0.140. The van der Waals surface area contributed by atoms with Crippen LogP contribution < -0.4 is 0 Å². The molecule has 0 saturated heterocycles. The van der Waals surface area contributed by atoms with Crippen molar-refractivity contribution in [3.05, 3.63) is 0 Å². The molecule has 0 unspecified atom stereocenters. The van der Waals surface area contributed by atoms with Crippen LogP contribution in [0.3, 0.4) is 0 Å². The molecule has 0 rings (SSSR count). The Bertz CT molecular complexity index is 200. The normalized spacial score (nSPS) is 9.00. The van der Waals surface area contributed by atoms with E-state index in [4.69, 9.17) is 5.11 Å². The molecule has 14 heavy (non-hydrogen) atoms. The summed E-state index contributed by atoms with van der Waals surface area (Å²) in [6, 6.07) is 0. The molecule has 80 valence electrons. The fourth-order valence-corrected chi connectivity index (χ4v) is 0.925. The summed E-state index contributed by atoms with van der Waals surface area (Å²) >= 11 is 0. The van der Waals surface area contributed by atoms with E-state index in [2.05, 4.69) is 16.6 Å². The summed E-state index contributed by atoms with van der Waals surface area (Å²) in [5.41, 5.74) is 0. The number of carbonyl (C=O) groups is 1. The highest BCUT2D eigenvalue weighted by molar-refractivity contribution is 5.69. The minimum absolute atomic E-state index is 0.174. The largest absolute Gasteiger partial charge is 0.469 e. The third kappa shape index (κ3) is 9.08. The van der Waals surface area contributed by atoms with Gasteiger partial charge in [0.05, 0.1) is 7.11 Å². The molecule has 0 fully saturated rings. The SMILES string of the molecule is COC(=O)CCCC#CCCCCO. The molecule has 3 heteroatoms. The Morgan fingerprint density at radius 1 is 1.21 bits per heavy atom. The van der Waals surface area contributed by atoms with Crippen molar-refractivity contribution in [3.8, 4) is 11.8 Å². The predicted octanol–water partition coefficient (Wildman–Crippen LogP) is 1.50. The van der Waals surface area contributed by atoms with Crippen LogP contribution in [0.1, 0.15) is 38.5 Å². The van der Waals surface area contributed by atoms with Crippen molar-refractivity contribution >= 4 is 5.97 Å². The van der Waals surface area contributed by atoms with Gasteiger partial charge in [-0.15, -0.1) is 11.8 Å². The van der Waals surface area contributed by atoms with Crippen LogP contribution in [-0.2, 0) is 9.53 Å². The van der Waals surface area contributed by atoms with Gasteiger partial charge in [0.1, 0.15) is 0 Å². The van der Waals surface area contributed by atoms with Gasteiger partial charge >= 0.3 is 5.97 Å². The van der Waals surface area contributed by atoms with Crippen LogP contribution in [0, 0.1) is 11.8 Å². The van der Waals surface area contributed by atoms with Gasteiger partial charge in [-0.3, -0.25) is 4.79 Å². The quantitative estimate of drug-likeness (QED) is 0.399. The van der Waals surface area contributed by atoms with Crippen molar-refractivity contribution in [1.29, 1.82) is 0 Å². The number of rotatable bonds is 6. The topological polar surface area (TPSA) is 46.5 Å². The molecular weight excluding hydrogens is 180 g/mol. The zero-order valence-corrected chi connectivity index (χ0v) is 8.71. The summed E-state index contributed by atoms with van der Waals surface area (Å²) in [4.78, 5) is 10.7. The first kappa shape index (κ1) is 13.0. The first-order chi connectivity index (χ1) is 6.81. The minimum atomic E-state index is -0.174. The van der Waals surface area contributed by atoms with Crippen molar-refractivity contribution in [2.24, 2.45) is 0 Å². The van der Waals surface area contributed by atoms with Crippen LogP contribution in [0.15, 0.2) is 0 Å². The van der Waals surface area contributed by atoms with Crippen LogP contribution in [0.4, 0.5) is 0 Å². The molecule has 0 bridgehead atoms. The number of aliphatic hydroxyl groups excluding tert-OH is 1. The Balaban J connectivity index is 3.21. The van der Waals surface area contributed by atoms with Gasteiger partial charge in [-0.05, 0) is 19.3 Å². The molecule has 0 aromatic heterocycles. The number of carbonyl (C=O) groups excluding carboxylic acids is 1. The van der Waals surface area contributed by atoms with Crippen molar-refractivity contribution in [2.45, 2.75) is 38.5 Å². The van der Waals surface area contributed by atoms with E-state index < -0.39 is 0 Å². The second-order valence-electron chi connectivity index (χ2n) is 2.96. The zero-order valence-electron chi connectivity index (χ0n) is 8.71. The molecule has 0 aliphatic rings. The third-order valence-corrected chi connectivity index (χ3v) is 1.75. The highest BCUT2D eigenvalue weighted by Gasteiger charge is 1.96. The lowest BCUT2D eigenvalue weighted by Crippen LogP contribution is -1.98. The average molecular weight is 198 g/mol. The summed E-state index contributed by atoms with van der Waals surface area (Å²) in [5.74, 6) is 5.81. The van der Waals surface area contributed by atoms with E-state index in [1.165, 1.54) is 7.11 Å². The van der Waals surface area contributed by atoms with Gasteiger partial charge in [-0.1, -0.05) is 0 Å². The molecule has 0 radical (unpaired) electrons. The molecule has 0 spiro atoms. The van der Waals surface area contributed by atoms with E-state index in [1.54, 1.807) is 0 Å². The maximum absolute atomic E-state index is 10.7. The molecule has 0 saturated carbocycles. The Labute approximate surface area is 85.5 Å². The second-order valence-corrected chi connectivity index (χ2v) is 2.96. The Hall–Kier alpha value is -1.01. The van der Waals surface area contributed by atoms with Gasteiger partial charge < -0.3 is 9.84 Å². The van der Waals surface area contributed by atoms with Crippen molar-refractivity contribution < 1.29 is 14.6 Å². The number of methoxy groups -OCH3 is 1. The van der Waals surface area contributed by atoms with Crippen molar-refractivity contribution in [3.63, 3.8) is 0 Å². The van der Waals surface area contributed by atoms with Gasteiger partial charge in [0, 0.05) is 25.9 Å². The van der Waals surface area contributed by atoms with Gasteiger partial charge in [-0.25, -0.2) is 0 Å². The van der Waals surface area contributed by atoms with E-state index in [-0.39, 0.29) is 12.6 Å². The standard InChI is InChI=1S/C11H18O3/c1-14-11(13)9-7-5-3-2-4-6-8-10-12/h12H,4-10H2,1H3. The molecule has 0 amide bonds. The maximum Gasteiger partial charge on any atom is 0.305 e. The fourth-order valence-electron chi connectivity index (χ4n) is 0.925. The molecule has 1 N–H and O–H groups in total. The van der Waals surface area contributed by atoms with Gasteiger partial charge in [0.15, 0.2) is 0 Å². The molecule has 0 aromatic carbocycles. The second kappa shape index (κ2) is 10.1. The van der Waals surface area contributed by atoms with Crippen LogP contribution in [0.25, 0.3) is 0 Å². The van der Waals surface area contributed by atoms with Gasteiger partial charge in [0.25, 0.3) is 0 Å². The molecular formula is C11H18O3. The van der Waals surface area contributed by atoms with Gasteiger partial charge in [-0.2, -0.15) is 0 Å². The first-order valence-corrected chi connectivity index (χ1v) is 4.94. The summed E-state index contributed by atoms with van der Waals surface area (Å²) in [6.07, 6.45) is 4.55. The molecule has 0 atom stereocenters. The number of hydrogen-bond acceptors (Lipinski definition) is 3. The zero-order chi connectivity index (χ0) is 10.6. The number of aliphatic hydroxyl groups is 1. The minimum Gasteiger partial charge on any atom is -0.469 e. The van der Waals surface area contributed by atoms with E-state index in [1.807, 2.05) is 0 Å². The predicted molar refractivity (Wildman–Crippen MR) is 54.6 cm³/mol. The average Bonchev–Trinajstić information content (AvgIpc) is 2.21. The molecule has 0 aliphatic carbocycles. The smallest absolute Gasteiger partial charge is 0.305 e. The number of ether oxygens (including phenoxy) is 1. The first-order valence-electron chi connectivity index (χ1n) is 4.94.